The van der Waals surface area contributed by atoms with Gasteiger partial charge in [0.05, 0.1) is 6.04 Å². The molecule has 0 saturated heterocycles. The standard InChI is InChI=1S/C15H15N5OS/c1-9-6-7-16-15-18-13(19-20(9)15)14(21)17-12(10-4-5-10)11-3-2-8-22-11/h2-3,6-8,10,12H,4-5H2,1H3,(H,17,21)/t12-/m0/s1. The molecular weight excluding hydrogens is 298 g/mol. The minimum Gasteiger partial charge on any atom is -0.341 e. The van der Waals surface area contributed by atoms with Crippen molar-refractivity contribution in [2.75, 3.05) is 0 Å². The van der Waals surface area contributed by atoms with E-state index in [0.717, 1.165) is 18.5 Å². The van der Waals surface area contributed by atoms with Crippen LogP contribution >= 0.6 is 11.3 Å². The Labute approximate surface area is 131 Å². The van der Waals surface area contributed by atoms with Crippen LogP contribution < -0.4 is 5.32 Å². The molecule has 1 saturated carbocycles. The second-order valence-corrected chi connectivity index (χ2v) is 6.52. The molecule has 0 spiro atoms. The second kappa shape index (κ2) is 5.17. The van der Waals surface area contributed by atoms with Crippen molar-refractivity contribution in [2.45, 2.75) is 25.8 Å². The van der Waals surface area contributed by atoms with Crippen LogP contribution in [0.2, 0.25) is 0 Å². The van der Waals surface area contributed by atoms with Gasteiger partial charge < -0.3 is 5.32 Å². The summed E-state index contributed by atoms with van der Waals surface area (Å²) in [6.07, 6.45) is 3.98. The number of thiophene rings is 1. The van der Waals surface area contributed by atoms with Crippen LogP contribution in [-0.2, 0) is 0 Å². The Morgan fingerprint density at radius 2 is 2.32 bits per heavy atom. The number of carbonyl (C=O) groups is 1. The summed E-state index contributed by atoms with van der Waals surface area (Å²) < 4.78 is 1.59. The first-order valence-electron chi connectivity index (χ1n) is 7.25. The molecule has 3 aromatic rings. The summed E-state index contributed by atoms with van der Waals surface area (Å²) >= 11 is 1.67. The largest absolute Gasteiger partial charge is 0.341 e. The van der Waals surface area contributed by atoms with Gasteiger partial charge in [-0.3, -0.25) is 4.79 Å². The van der Waals surface area contributed by atoms with E-state index in [9.17, 15) is 4.79 Å². The van der Waals surface area contributed by atoms with Crippen molar-refractivity contribution in [2.24, 2.45) is 5.92 Å². The molecule has 1 aliphatic carbocycles. The zero-order valence-electron chi connectivity index (χ0n) is 12.1. The molecule has 1 fully saturated rings. The van der Waals surface area contributed by atoms with Crippen molar-refractivity contribution in [3.05, 3.63) is 46.2 Å². The lowest BCUT2D eigenvalue weighted by atomic mass is 10.1. The average molecular weight is 313 g/mol. The number of nitrogens with one attached hydrogen (secondary N) is 1. The van der Waals surface area contributed by atoms with Crippen LogP contribution in [0.25, 0.3) is 5.78 Å². The Kier molecular flexibility index (Phi) is 3.15. The van der Waals surface area contributed by atoms with Gasteiger partial charge in [0.1, 0.15) is 0 Å². The van der Waals surface area contributed by atoms with Crippen molar-refractivity contribution >= 4 is 23.0 Å². The number of carbonyl (C=O) groups excluding carboxylic acids is 1. The number of hydrogen-bond acceptors (Lipinski definition) is 5. The van der Waals surface area contributed by atoms with Gasteiger partial charge in [0.2, 0.25) is 5.82 Å². The highest BCUT2D eigenvalue weighted by Gasteiger charge is 2.34. The normalized spacial score (nSPS) is 15.9. The van der Waals surface area contributed by atoms with Crippen LogP contribution in [0.4, 0.5) is 0 Å². The monoisotopic (exact) mass is 313 g/mol. The predicted octanol–water partition coefficient (Wildman–Crippen LogP) is 2.38. The molecule has 112 valence electrons. The first-order chi connectivity index (χ1) is 10.7. The molecule has 22 heavy (non-hydrogen) atoms. The highest BCUT2D eigenvalue weighted by Crippen LogP contribution is 2.42. The maximum absolute atomic E-state index is 12.5. The molecule has 0 aliphatic heterocycles. The van der Waals surface area contributed by atoms with Gasteiger partial charge in [-0.2, -0.15) is 4.98 Å². The van der Waals surface area contributed by atoms with Crippen LogP contribution in [0.5, 0.6) is 0 Å². The van der Waals surface area contributed by atoms with Crippen LogP contribution in [-0.4, -0.2) is 25.5 Å². The molecule has 1 aliphatic rings. The number of fused-ring (bicyclic) bond motifs is 1. The first-order valence-corrected chi connectivity index (χ1v) is 8.13. The van der Waals surface area contributed by atoms with E-state index in [0.29, 0.717) is 11.7 Å². The summed E-state index contributed by atoms with van der Waals surface area (Å²) in [5.74, 6) is 0.906. The summed E-state index contributed by atoms with van der Waals surface area (Å²) in [4.78, 5) is 22.0. The predicted molar refractivity (Wildman–Crippen MR) is 82.8 cm³/mol. The van der Waals surface area contributed by atoms with Crippen LogP contribution in [0.3, 0.4) is 0 Å². The van der Waals surface area contributed by atoms with E-state index >= 15 is 0 Å². The highest BCUT2D eigenvalue weighted by molar-refractivity contribution is 7.10. The number of nitrogens with zero attached hydrogens (tertiary/aromatic N) is 4. The average Bonchev–Trinajstić information content (AvgIpc) is 3.02. The van der Waals surface area contributed by atoms with Gasteiger partial charge in [0.15, 0.2) is 0 Å². The van der Waals surface area contributed by atoms with Crippen LogP contribution in [0, 0.1) is 12.8 Å². The molecule has 6 nitrogen and oxygen atoms in total. The highest BCUT2D eigenvalue weighted by atomic mass is 32.1. The zero-order valence-corrected chi connectivity index (χ0v) is 12.9. The zero-order chi connectivity index (χ0) is 15.1. The molecule has 3 aromatic heterocycles. The van der Waals surface area contributed by atoms with E-state index in [1.807, 2.05) is 24.4 Å². The molecule has 0 radical (unpaired) electrons. The van der Waals surface area contributed by atoms with Gasteiger partial charge in [-0.25, -0.2) is 9.50 Å². The smallest absolute Gasteiger partial charge is 0.291 e. The molecule has 0 bridgehead atoms. The van der Waals surface area contributed by atoms with Crippen molar-refractivity contribution in [1.82, 2.24) is 24.9 Å². The van der Waals surface area contributed by atoms with Crippen LogP contribution in [0.1, 0.15) is 40.1 Å². The third-order valence-electron chi connectivity index (χ3n) is 3.86. The van der Waals surface area contributed by atoms with Gasteiger partial charge in [-0.05, 0) is 43.2 Å². The lowest BCUT2D eigenvalue weighted by Gasteiger charge is -2.15. The van der Waals surface area contributed by atoms with Gasteiger partial charge >= 0.3 is 0 Å². The quantitative estimate of drug-likeness (QED) is 0.802. The topological polar surface area (TPSA) is 72.2 Å². The Bertz CT molecular complexity index is 822. The summed E-state index contributed by atoms with van der Waals surface area (Å²) in [7, 11) is 0. The first kappa shape index (κ1) is 13.4. The van der Waals surface area contributed by atoms with Crippen molar-refractivity contribution in [3.8, 4) is 0 Å². The summed E-state index contributed by atoms with van der Waals surface area (Å²) in [5, 5.41) is 9.38. The number of amides is 1. The van der Waals surface area contributed by atoms with Gasteiger partial charge in [-0.1, -0.05) is 6.07 Å². The summed E-state index contributed by atoms with van der Waals surface area (Å²) in [6, 6.07) is 5.98. The van der Waals surface area contributed by atoms with E-state index in [1.54, 1.807) is 22.0 Å². The SMILES string of the molecule is Cc1ccnc2nc(C(=O)N[C@H](c3cccs3)C3CC3)nn12. The van der Waals surface area contributed by atoms with E-state index in [-0.39, 0.29) is 17.8 Å². The van der Waals surface area contributed by atoms with Gasteiger partial charge in [-0.15, -0.1) is 16.4 Å². The van der Waals surface area contributed by atoms with Crippen molar-refractivity contribution in [1.29, 1.82) is 0 Å². The molecule has 0 unspecified atom stereocenters. The van der Waals surface area contributed by atoms with E-state index in [2.05, 4.69) is 26.4 Å². The lowest BCUT2D eigenvalue weighted by molar-refractivity contribution is 0.0922. The van der Waals surface area contributed by atoms with Crippen LogP contribution in [0.15, 0.2) is 29.8 Å². The number of hydrogen-bond donors (Lipinski definition) is 1. The molecular formula is C15H15N5OS. The maximum Gasteiger partial charge on any atom is 0.291 e. The van der Waals surface area contributed by atoms with Crippen molar-refractivity contribution in [3.63, 3.8) is 0 Å². The molecule has 1 atom stereocenters. The fourth-order valence-electron chi connectivity index (χ4n) is 2.53. The minimum absolute atomic E-state index is 0.0631. The number of aryl methyl sites for hydroxylation is 1. The molecule has 1 N–H and O–H groups in total. The molecule has 3 heterocycles. The fraction of sp³-hybridized carbons (Fsp3) is 0.333. The third kappa shape index (κ3) is 2.37. The van der Waals surface area contributed by atoms with E-state index in [1.165, 1.54) is 4.88 Å². The summed E-state index contributed by atoms with van der Waals surface area (Å²) in [5.41, 5.74) is 0.897. The molecule has 0 aromatic carbocycles. The lowest BCUT2D eigenvalue weighted by Crippen LogP contribution is -2.30. The third-order valence-corrected chi connectivity index (χ3v) is 4.82. The minimum atomic E-state index is -0.241. The Morgan fingerprint density at radius 3 is 3.00 bits per heavy atom. The second-order valence-electron chi connectivity index (χ2n) is 5.54. The fourth-order valence-corrected chi connectivity index (χ4v) is 3.40. The molecule has 1 amide bonds. The Balaban J connectivity index is 1.61. The maximum atomic E-state index is 12.5. The van der Waals surface area contributed by atoms with Gasteiger partial charge in [0.25, 0.3) is 11.7 Å². The Hall–Kier alpha value is -2.28. The van der Waals surface area contributed by atoms with E-state index < -0.39 is 0 Å². The number of rotatable bonds is 4. The summed E-state index contributed by atoms with van der Waals surface area (Å²) in [6.45, 7) is 1.91. The number of aromatic nitrogens is 4. The molecule has 4 rings (SSSR count). The van der Waals surface area contributed by atoms with E-state index in [4.69, 9.17) is 0 Å². The van der Waals surface area contributed by atoms with Gasteiger partial charge in [0, 0.05) is 16.8 Å². The Morgan fingerprint density at radius 1 is 1.45 bits per heavy atom. The molecule has 7 heteroatoms. The van der Waals surface area contributed by atoms with Crippen molar-refractivity contribution < 1.29 is 4.79 Å².